The summed E-state index contributed by atoms with van der Waals surface area (Å²) in [4.78, 5) is 26.8. The van der Waals surface area contributed by atoms with Gasteiger partial charge in [0.15, 0.2) is 4.34 Å². The number of para-hydroxylation sites is 1. The minimum absolute atomic E-state index is 0.0631. The lowest BCUT2D eigenvalue weighted by atomic mass is 10.3. The van der Waals surface area contributed by atoms with Gasteiger partial charge in [0.25, 0.3) is 0 Å². The van der Waals surface area contributed by atoms with Crippen LogP contribution in [0.3, 0.4) is 0 Å². The van der Waals surface area contributed by atoms with Gasteiger partial charge < -0.3 is 10.4 Å². The van der Waals surface area contributed by atoms with E-state index in [-0.39, 0.29) is 12.3 Å². The van der Waals surface area contributed by atoms with Crippen LogP contribution in [0.1, 0.15) is 6.42 Å². The van der Waals surface area contributed by atoms with E-state index in [2.05, 4.69) is 10.3 Å². The van der Waals surface area contributed by atoms with E-state index in [1.54, 1.807) is 0 Å². The lowest BCUT2D eigenvalue weighted by Gasteiger charge is -2.08. The molecule has 1 aromatic heterocycles. The van der Waals surface area contributed by atoms with Crippen molar-refractivity contribution in [3.8, 4) is 0 Å². The van der Waals surface area contributed by atoms with E-state index in [1.807, 2.05) is 24.3 Å². The third-order valence-corrected chi connectivity index (χ3v) is 4.76. The molecule has 19 heavy (non-hydrogen) atoms. The number of hydrogen-bond acceptors (Lipinski definition) is 5. The highest BCUT2D eigenvalue weighted by molar-refractivity contribution is 8.02. The number of nitrogens with one attached hydrogen (secondary N) is 1. The van der Waals surface area contributed by atoms with Crippen molar-refractivity contribution in [2.24, 2.45) is 0 Å². The Morgan fingerprint density at radius 2 is 2.21 bits per heavy atom. The standard InChI is InChI=1S/C12H12N2O3S2/c1-13-10(15)6-9(11(16)17)19-12-14-7-4-2-3-5-8(7)18-12/h2-5,9H,6H2,1H3,(H,13,15)(H,16,17). The van der Waals surface area contributed by atoms with Crippen molar-refractivity contribution in [1.29, 1.82) is 0 Å². The summed E-state index contributed by atoms with van der Waals surface area (Å²) in [5.41, 5.74) is 0.846. The molecular formula is C12H12N2O3S2. The fraction of sp³-hybridized carbons (Fsp3) is 0.250. The van der Waals surface area contributed by atoms with Crippen LogP contribution in [0.4, 0.5) is 0 Å². The molecule has 0 bridgehead atoms. The van der Waals surface area contributed by atoms with Crippen molar-refractivity contribution in [3.63, 3.8) is 0 Å². The SMILES string of the molecule is CNC(=O)CC(Sc1nc2ccccc2s1)C(=O)O. The number of benzene rings is 1. The van der Waals surface area contributed by atoms with E-state index >= 15 is 0 Å². The van der Waals surface area contributed by atoms with Gasteiger partial charge in [0.1, 0.15) is 5.25 Å². The number of rotatable bonds is 5. The number of carboxylic acid groups (broad SMARTS) is 1. The van der Waals surface area contributed by atoms with Crippen LogP contribution in [-0.4, -0.2) is 34.3 Å². The van der Waals surface area contributed by atoms with Crippen molar-refractivity contribution in [2.45, 2.75) is 16.0 Å². The van der Waals surface area contributed by atoms with Gasteiger partial charge in [0, 0.05) is 13.5 Å². The van der Waals surface area contributed by atoms with Crippen LogP contribution in [0, 0.1) is 0 Å². The molecule has 1 unspecified atom stereocenters. The fourth-order valence-corrected chi connectivity index (χ4v) is 3.71. The summed E-state index contributed by atoms with van der Waals surface area (Å²) in [5.74, 6) is -1.30. The number of carboxylic acids is 1. The summed E-state index contributed by atoms with van der Waals surface area (Å²) in [5, 5.41) is 10.7. The Morgan fingerprint density at radius 1 is 1.47 bits per heavy atom. The van der Waals surface area contributed by atoms with Crippen LogP contribution >= 0.6 is 23.1 Å². The second-order valence-electron chi connectivity index (χ2n) is 3.77. The molecule has 2 N–H and O–H groups in total. The first-order valence-electron chi connectivity index (χ1n) is 5.55. The van der Waals surface area contributed by atoms with Gasteiger partial charge in [0.2, 0.25) is 5.91 Å². The highest BCUT2D eigenvalue weighted by atomic mass is 32.2. The van der Waals surface area contributed by atoms with Gasteiger partial charge in [-0.05, 0) is 12.1 Å². The maximum Gasteiger partial charge on any atom is 0.317 e. The van der Waals surface area contributed by atoms with Crippen LogP contribution in [0.5, 0.6) is 0 Å². The number of fused-ring (bicyclic) bond motifs is 1. The Hall–Kier alpha value is -1.60. The van der Waals surface area contributed by atoms with Crippen LogP contribution in [0.2, 0.25) is 0 Å². The molecular weight excluding hydrogens is 284 g/mol. The van der Waals surface area contributed by atoms with Gasteiger partial charge in [-0.25, -0.2) is 4.98 Å². The molecule has 0 spiro atoms. The predicted octanol–water partition coefficient (Wildman–Crippen LogP) is 1.98. The smallest absolute Gasteiger partial charge is 0.317 e. The summed E-state index contributed by atoms with van der Waals surface area (Å²) in [6, 6.07) is 7.61. The summed E-state index contributed by atoms with van der Waals surface area (Å²) < 4.78 is 1.67. The van der Waals surface area contributed by atoms with Crippen LogP contribution in [0.25, 0.3) is 10.2 Å². The zero-order valence-electron chi connectivity index (χ0n) is 10.1. The van der Waals surface area contributed by atoms with Crippen LogP contribution in [-0.2, 0) is 9.59 Å². The van der Waals surface area contributed by atoms with Crippen LogP contribution < -0.4 is 5.32 Å². The number of aliphatic carboxylic acids is 1. The molecule has 0 radical (unpaired) electrons. The number of amides is 1. The number of carbonyl (C=O) groups is 2. The third kappa shape index (κ3) is 3.45. The molecule has 2 rings (SSSR count). The zero-order valence-corrected chi connectivity index (χ0v) is 11.8. The van der Waals surface area contributed by atoms with Crippen molar-refractivity contribution in [1.82, 2.24) is 10.3 Å². The van der Waals surface area contributed by atoms with E-state index in [1.165, 1.54) is 18.4 Å². The number of carbonyl (C=O) groups excluding carboxylic acids is 1. The summed E-state index contributed by atoms with van der Waals surface area (Å²) >= 11 is 2.55. The highest BCUT2D eigenvalue weighted by Gasteiger charge is 2.23. The summed E-state index contributed by atoms with van der Waals surface area (Å²) in [6.45, 7) is 0. The fourth-order valence-electron chi connectivity index (χ4n) is 1.47. The number of thioether (sulfide) groups is 1. The molecule has 5 nitrogen and oxygen atoms in total. The Kier molecular flexibility index (Phi) is 4.39. The number of thiazole rings is 1. The highest BCUT2D eigenvalue weighted by Crippen LogP contribution is 2.33. The van der Waals surface area contributed by atoms with Gasteiger partial charge in [-0.3, -0.25) is 9.59 Å². The predicted molar refractivity (Wildman–Crippen MR) is 75.6 cm³/mol. The third-order valence-electron chi connectivity index (χ3n) is 2.44. The number of aromatic nitrogens is 1. The number of hydrogen-bond donors (Lipinski definition) is 2. The molecule has 1 atom stereocenters. The van der Waals surface area contributed by atoms with Gasteiger partial charge in [-0.1, -0.05) is 23.9 Å². The lowest BCUT2D eigenvalue weighted by Crippen LogP contribution is -2.27. The van der Waals surface area contributed by atoms with Crippen molar-refractivity contribution in [3.05, 3.63) is 24.3 Å². The Morgan fingerprint density at radius 3 is 2.84 bits per heavy atom. The van der Waals surface area contributed by atoms with E-state index in [0.717, 1.165) is 22.0 Å². The van der Waals surface area contributed by atoms with E-state index in [0.29, 0.717) is 4.34 Å². The molecule has 2 aromatic rings. The Balaban J connectivity index is 2.16. The largest absolute Gasteiger partial charge is 0.480 e. The van der Waals surface area contributed by atoms with Gasteiger partial charge in [-0.2, -0.15) is 0 Å². The average molecular weight is 296 g/mol. The van der Waals surface area contributed by atoms with E-state index in [9.17, 15) is 9.59 Å². The summed E-state index contributed by atoms with van der Waals surface area (Å²) in [7, 11) is 1.49. The van der Waals surface area contributed by atoms with Gasteiger partial charge >= 0.3 is 5.97 Å². The molecule has 1 aromatic carbocycles. The molecule has 1 amide bonds. The van der Waals surface area contributed by atoms with Crippen LogP contribution in [0.15, 0.2) is 28.6 Å². The van der Waals surface area contributed by atoms with Crippen molar-refractivity contribution >= 4 is 45.2 Å². The monoisotopic (exact) mass is 296 g/mol. The Labute approximate surface area is 118 Å². The first kappa shape index (κ1) is 13.8. The second-order valence-corrected chi connectivity index (χ2v) is 6.25. The maximum atomic E-state index is 11.3. The molecule has 0 aliphatic rings. The quantitative estimate of drug-likeness (QED) is 0.825. The minimum atomic E-state index is -1.01. The van der Waals surface area contributed by atoms with Crippen molar-refractivity contribution < 1.29 is 14.7 Å². The molecule has 0 saturated heterocycles. The molecule has 100 valence electrons. The first-order valence-corrected chi connectivity index (χ1v) is 7.25. The topological polar surface area (TPSA) is 79.3 Å². The lowest BCUT2D eigenvalue weighted by molar-refractivity contribution is -0.138. The van der Waals surface area contributed by atoms with Gasteiger partial charge in [0.05, 0.1) is 10.2 Å². The molecule has 0 fully saturated rings. The molecule has 0 aliphatic carbocycles. The van der Waals surface area contributed by atoms with E-state index in [4.69, 9.17) is 5.11 Å². The van der Waals surface area contributed by atoms with E-state index < -0.39 is 11.2 Å². The minimum Gasteiger partial charge on any atom is -0.480 e. The molecule has 1 heterocycles. The normalized spacial score (nSPS) is 12.3. The zero-order chi connectivity index (χ0) is 13.8. The van der Waals surface area contributed by atoms with Crippen molar-refractivity contribution in [2.75, 3.05) is 7.05 Å². The Bertz CT molecular complexity index is 579. The second kappa shape index (κ2) is 6.03. The molecule has 7 heteroatoms. The summed E-state index contributed by atoms with van der Waals surface area (Å²) in [6.07, 6.45) is -0.0631. The molecule has 0 aliphatic heterocycles. The maximum absolute atomic E-state index is 11.3. The van der Waals surface area contributed by atoms with Gasteiger partial charge in [-0.15, -0.1) is 11.3 Å². The number of nitrogens with zero attached hydrogens (tertiary/aromatic N) is 1. The first-order chi connectivity index (χ1) is 9.10. The molecule has 0 saturated carbocycles. The average Bonchev–Trinajstić information content (AvgIpc) is 2.79.